The second-order valence-electron chi connectivity index (χ2n) is 7.36. The van der Waals surface area contributed by atoms with E-state index in [-0.39, 0.29) is 35.1 Å². The Morgan fingerprint density at radius 3 is 2.58 bits per heavy atom. The number of amides is 1. The number of esters is 1. The zero-order chi connectivity index (χ0) is 22.6. The molecule has 0 aliphatic carbocycles. The van der Waals surface area contributed by atoms with Crippen molar-refractivity contribution in [1.82, 2.24) is 9.21 Å². The van der Waals surface area contributed by atoms with Crippen molar-refractivity contribution in [2.24, 2.45) is 0 Å². The molecule has 172 valence electrons. The second kappa shape index (κ2) is 9.63. The van der Waals surface area contributed by atoms with E-state index in [4.69, 9.17) is 9.47 Å². The fourth-order valence-electron chi connectivity index (χ4n) is 3.67. The summed E-state index contributed by atoms with van der Waals surface area (Å²) < 4.78 is 60.4. The van der Waals surface area contributed by atoms with Gasteiger partial charge in [0.1, 0.15) is 0 Å². The minimum Gasteiger partial charge on any atom is -0.452 e. The number of morpholine rings is 1. The summed E-state index contributed by atoms with van der Waals surface area (Å²) in [4.78, 5) is 26.3. The van der Waals surface area contributed by atoms with Crippen LogP contribution in [0.5, 0.6) is 0 Å². The standard InChI is InChI=1S/C19H26N2O8S2/c1-2-21(16-6-11-30(24,25)14-16)18(22)13-29-19(23)15-4-3-5-17(12-15)31(26,27)20-7-9-28-10-8-20/h3-5,12,16H,2,6-11,13-14H2,1H3/t16-/m0/s1. The van der Waals surface area contributed by atoms with Crippen molar-refractivity contribution in [2.45, 2.75) is 24.3 Å². The van der Waals surface area contributed by atoms with E-state index in [0.29, 0.717) is 26.2 Å². The molecule has 1 amide bonds. The summed E-state index contributed by atoms with van der Waals surface area (Å²) in [5.74, 6) is -1.38. The zero-order valence-electron chi connectivity index (χ0n) is 17.2. The van der Waals surface area contributed by atoms with Gasteiger partial charge in [-0.1, -0.05) is 6.07 Å². The minimum atomic E-state index is -3.78. The molecule has 2 heterocycles. The quantitative estimate of drug-likeness (QED) is 0.501. The molecule has 1 atom stereocenters. The van der Waals surface area contributed by atoms with Crippen LogP contribution in [0.15, 0.2) is 29.2 Å². The van der Waals surface area contributed by atoms with Crippen molar-refractivity contribution in [3.05, 3.63) is 29.8 Å². The van der Waals surface area contributed by atoms with Gasteiger partial charge in [-0.25, -0.2) is 21.6 Å². The maximum absolute atomic E-state index is 12.8. The average molecular weight is 475 g/mol. The Balaban J connectivity index is 1.64. The molecule has 0 bridgehead atoms. The third kappa shape index (κ3) is 5.62. The molecule has 0 unspecified atom stereocenters. The van der Waals surface area contributed by atoms with Crippen LogP contribution in [0.3, 0.4) is 0 Å². The van der Waals surface area contributed by atoms with Gasteiger partial charge < -0.3 is 14.4 Å². The number of sulfonamides is 1. The second-order valence-corrected chi connectivity index (χ2v) is 11.5. The molecule has 2 aliphatic heterocycles. The van der Waals surface area contributed by atoms with Crippen molar-refractivity contribution < 1.29 is 35.9 Å². The molecule has 0 N–H and O–H groups in total. The number of nitrogens with zero attached hydrogens (tertiary/aromatic N) is 2. The van der Waals surface area contributed by atoms with Crippen LogP contribution in [0.1, 0.15) is 23.7 Å². The van der Waals surface area contributed by atoms with Crippen molar-refractivity contribution in [3.63, 3.8) is 0 Å². The lowest BCUT2D eigenvalue weighted by Gasteiger charge is -2.26. The number of hydrogen-bond donors (Lipinski definition) is 0. The highest BCUT2D eigenvalue weighted by Gasteiger charge is 2.34. The van der Waals surface area contributed by atoms with Gasteiger partial charge in [-0.2, -0.15) is 4.31 Å². The van der Waals surface area contributed by atoms with Gasteiger partial charge in [-0.05, 0) is 31.5 Å². The predicted molar refractivity (Wildman–Crippen MR) is 111 cm³/mol. The smallest absolute Gasteiger partial charge is 0.338 e. The largest absolute Gasteiger partial charge is 0.452 e. The number of ether oxygens (including phenoxy) is 2. The summed E-state index contributed by atoms with van der Waals surface area (Å²) in [5.41, 5.74) is 0.00799. The lowest BCUT2D eigenvalue weighted by Crippen LogP contribution is -2.43. The van der Waals surface area contributed by atoms with Gasteiger partial charge in [-0.3, -0.25) is 4.79 Å². The molecule has 0 aromatic heterocycles. The zero-order valence-corrected chi connectivity index (χ0v) is 18.9. The van der Waals surface area contributed by atoms with Gasteiger partial charge in [-0.15, -0.1) is 0 Å². The van der Waals surface area contributed by atoms with E-state index in [1.54, 1.807) is 6.92 Å². The number of carbonyl (C=O) groups is 2. The van der Waals surface area contributed by atoms with Crippen molar-refractivity contribution in [3.8, 4) is 0 Å². The van der Waals surface area contributed by atoms with Crippen LogP contribution in [0.2, 0.25) is 0 Å². The third-order valence-corrected chi connectivity index (χ3v) is 8.96. The Labute approximate surface area is 182 Å². The summed E-state index contributed by atoms with van der Waals surface area (Å²) in [6.07, 6.45) is 0.358. The van der Waals surface area contributed by atoms with Crippen molar-refractivity contribution in [1.29, 1.82) is 0 Å². The van der Waals surface area contributed by atoms with E-state index in [1.165, 1.54) is 33.5 Å². The molecule has 1 aromatic carbocycles. The lowest BCUT2D eigenvalue weighted by molar-refractivity contribution is -0.136. The summed E-state index contributed by atoms with van der Waals surface area (Å²) in [6.45, 7) is 2.54. The van der Waals surface area contributed by atoms with E-state index in [0.717, 1.165) is 0 Å². The first-order valence-corrected chi connectivity index (χ1v) is 13.2. The van der Waals surface area contributed by atoms with Gasteiger partial charge in [0.2, 0.25) is 10.0 Å². The van der Waals surface area contributed by atoms with Crippen LogP contribution >= 0.6 is 0 Å². The highest BCUT2D eigenvalue weighted by molar-refractivity contribution is 7.91. The van der Waals surface area contributed by atoms with Crippen LogP contribution in [0.25, 0.3) is 0 Å². The topological polar surface area (TPSA) is 127 Å². The Hall–Kier alpha value is -2.02. The van der Waals surface area contributed by atoms with E-state index in [2.05, 4.69) is 0 Å². The van der Waals surface area contributed by atoms with E-state index in [1.807, 2.05) is 0 Å². The number of hydrogen-bond acceptors (Lipinski definition) is 8. The lowest BCUT2D eigenvalue weighted by atomic mass is 10.2. The molecule has 12 heteroatoms. The Bertz CT molecular complexity index is 1030. The summed E-state index contributed by atoms with van der Waals surface area (Å²) >= 11 is 0. The SMILES string of the molecule is CCN(C(=O)COC(=O)c1cccc(S(=O)(=O)N2CCOCC2)c1)[C@H]1CCS(=O)(=O)C1. The van der Waals surface area contributed by atoms with Gasteiger partial charge >= 0.3 is 5.97 Å². The first-order valence-electron chi connectivity index (χ1n) is 9.99. The van der Waals surface area contributed by atoms with E-state index >= 15 is 0 Å². The maximum atomic E-state index is 12.8. The van der Waals surface area contributed by atoms with Gasteiger partial charge in [0.05, 0.1) is 35.2 Å². The van der Waals surface area contributed by atoms with Crippen LogP contribution < -0.4 is 0 Å². The van der Waals surface area contributed by atoms with Gasteiger partial charge in [0, 0.05) is 25.7 Å². The molecule has 0 saturated carbocycles. The first-order chi connectivity index (χ1) is 14.6. The number of sulfone groups is 1. The fraction of sp³-hybridized carbons (Fsp3) is 0.579. The number of carbonyl (C=O) groups excluding carboxylic acids is 2. The van der Waals surface area contributed by atoms with Gasteiger partial charge in [0.15, 0.2) is 16.4 Å². The van der Waals surface area contributed by atoms with Crippen molar-refractivity contribution in [2.75, 3.05) is 51.0 Å². The van der Waals surface area contributed by atoms with E-state index in [9.17, 15) is 26.4 Å². The number of benzene rings is 1. The monoisotopic (exact) mass is 474 g/mol. The molecule has 0 spiro atoms. The molecule has 31 heavy (non-hydrogen) atoms. The molecule has 0 radical (unpaired) electrons. The Morgan fingerprint density at radius 2 is 1.97 bits per heavy atom. The van der Waals surface area contributed by atoms with Crippen LogP contribution in [0.4, 0.5) is 0 Å². The average Bonchev–Trinajstić information content (AvgIpc) is 3.12. The summed E-state index contributed by atoms with van der Waals surface area (Å²) in [5, 5.41) is 0. The highest BCUT2D eigenvalue weighted by Crippen LogP contribution is 2.20. The number of rotatable bonds is 7. The molecular formula is C19H26N2O8S2. The van der Waals surface area contributed by atoms with Gasteiger partial charge in [0.25, 0.3) is 5.91 Å². The Morgan fingerprint density at radius 1 is 1.26 bits per heavy atom. The number of likely N-dealkylation sites (N-methyl/N-ethyl adjacent to an activating group) is 1. The van der Waals surface area contributed by atoms with Crippen LogP contribution in [-0.2, 0) is 34.1 Å². The molecule has 2 fully saturated rings. The predicted octanol–water partition coefficient (Wildman–Crippen LogP) is -0.100. The molecule has 1 aromatic rings. The normalized spacial score (nSPS) is 21.5. The molecule has 3 rings (SSSR count). The summed E-state index contributed by atoms with van der Waals surface area (Å²) in [7, 11) is -6.93. The van der Waals surface area contributed by atoms with E-state index < -0.39 is 44.4 Å². The highest BCUT2D eigenvalue weighted by atomic mass is 32.2. The minimum absolute atomic E-state index is 0.00799. The summed E-state index contributed by atoms with van der Waals surface area (Å²) in [6, 6.07) is 5.04. The molecule has 2 aliphatic rings. The Kier molecular flexibility index (Phi) is 7.35. The van der Waals surface area contributed by atoms with Crippen molar-refractivity contribution >= 4 is 31.7 Å². The molecule has 2 saturated heterocycles. The third-order valence-electron chi connectivity index (χ3n) is 5.31. The molecule has 10 nitrogen and oxygen atoms in total. The maximum Gasteiger partial charge on any atom is 0.338 e. The first kappa shape index (κ1) is 23.6. The van der Waals surface area contributed by atoms with Crippen LogP contribution in [-0.4, -0.2) is 94.9 Å². The molecular weight excluding hydrogens is 448 g/mol. The van der Waals surface area contributed by atoms with Crippen LogP contribution in [0, 0.1) is 0 Å². The fourth-order valence-corrected chi connectivity index (χ4v) is 6.86.